The second-order valence-electron chi connectivity index (χ2n) is 12.5. The molecule has 262 valence electrons. The van der Waals surface area contributed by atoms with Gasteiger partial charge in [-0.25, -0.2) is 0 Å². The Balaban J connectivity index is 3.94. The maximum Gasteiger partial charge on any atom is 0.306 e. The van der Waals surface area contributed by atoms with Crippen LogP contribution in [-0.4, -0.2) is 31.3 Å². The summed E-state index contributed by atoms with van der Waals surface area (Å²) in [4.78, 5) is 46.3. The average Bonchev–Trinajstić information content (AvgIpc) is 2.98. The Morgan fingerprint density at radius 2 is 0.818 bits per heavy atom. The molecule has 44 heavy (non-hydrogen) atoms. The zero-order valence-corrected chi connectivity index (χ0v) is 29.4. The fourth-order valence-electron chi connectivity index (χ4n) is 5.37. The van der Waals surface area contributed by atoms with E-state index in [4.69, 9.17) is 9.47 Å². The maximum atomic E-state index is 12.3. The molecule has 8 nitrogen and oxygen atoms in total. The van der Waals surface area contributed by atoms with E-state index in [-0.39, 0.29) is 19.4 Å². The van der Waals surface area contributed by atoms with Gasteiger partial charge >= 0.3 is 11.9 Å². The SMILES string of the molecule is CCCCCCCCCCCCCCCC(=O)OCC(COP(=O)([O-])[O-])OC(=O)CCCCCCCCCCCCCCC. The van der Waals surface area contributed by atoms with Crippen molar-refractivity contribution in [2.45, 2.75) is 200 Å². The maximum absolute atomic E-state index is 12.3. The second-order valence-corrected chi connectivity index (χ2v) is 13.7. The standard InChI is InChI=1S/C35H69O8P/c1-3-5-7-9-11-13-15-17-19-21-23-25-27-29-34(36)41-31-33(32-42-44(38,39)40)43-35(37)30-28-26-24-22-20-18-16-14-12-10-8-6-4-2/h33H,3-32H2,1-2H3,(H2,38,39,40)/p-2. The third kappa shape index (κ3) is 33.9. The first-order valence-electron chi connectivity index (χ1n) is 18.3. The quantitative estimate of drug-likeness (QED) is 0.0385. The lowest BCUT2D eigenvalue weighted by Crippen LogP contribution is -2.31. The average molecular weight is 647 g/mol. The Hall–Kier alpha value is -0.950. The molecule has 0 bridgehead atoms. The molecule has 9 heteroatoms. The summed E-state index contributed by atoms with van der Waals surface area (Å²) < 4.78 is 25.7. The fraction of sp³-hybridized carbons (Fsp3) is 0.943. The smallest absolute Gasteiger partial charge is 0.306 e. The number of unbranched alkanes of at least 4 members (excludes halogenated alkanes) is 24. The molecule has 0 N–H and O–H groups in total. The van der Waals surface area contributed by atoms with Crippen LogP contribution in [0.15, 0.2) is 0 Å². The molecular formula is C35H67O8P-2. The van der Waals surface area contributed by atoms with Crippen molar-refractivity contribution in [2.75, 3.05) is 13.2 Å². The molecule has 0 fully saturated rings. The van der Waals surface area contributed by atoms with Crippen LogP contribution in [0.1, 0.15) is 194 Å². The molecule has 0 aliphatic rings. The van der Waals surface area contributed by atoms with E-state index in [0.717, 1.165) is 32.1 Å². The van der Waals surface area contributed by atoms with Gasteiger partial charge in [0.15, 0.2) is 6.10 Å². The van der Waals surface area contributed by atoms with Gasteiger partial charge < -0.3 is 28.3 Å². The molecule has 0 aliphatic carbocycles. The number of rotatable bonds is 34. The highest BCUT2D eigenvalue weighted by molar-refractivity contribution is 7.43. The minimum absolute atomic E-state index is 0.188. The number of hydrogen-bond acceptors (Lipinski definition) is 8. The first-order valence-corrected chi connectivity index (χ1v) is 19.8. The lowest BCUT2D eigenvalue weighted by Gasteiger charge is -2.30. The second kappa shape index (κ2) is 32.0. The number of phosphoric ester groups is 1. The van der Waals surface area contributed by atoms with E-state index in [0.29, 0.717) is 12.8 Å². The molecule has 0 aromatic rings. The van der Waals surface area contributed by atoms with E-state index in [1.807, 2.05) is 0 Å². The van der Waals surface area contributed by atoms with Crippen LogP contribution in [0.5, 0.6) is 0 Å². The van der Waals surface area contributed by atoms with Gasteiger partial charge in [-0.15, -0.1) is 0 Å². The number of esters is 2. The summed E-state index contributed by atoms with van der Waals surface area (Å²) in [6.45, 7) is 3.49. The van der Waals surface area contributed by atoms with Crippen molar-refractivity contribution in [1.82, 2.24) is 0 Å². The lowest BCUT2D eigenvalue weighted by molar-refractivity contribution is -0.343. The topological polar surface area (TPSA) is 125 Å². The highest BCUT2D eigenvalue weighted by Gasteiger charge is 2.18. The Kier molecular flexibility index (Phi) is 31.3. The molecule has 0 amide bonds. The van der Waals surface area contributed by atoms with Crippen LogP contribution in [0.2, 0.25) is 0 Å². The summed E-state index contributed by atoms with van der Waals surface area (Å²) in [6, 6.07) is 0. The predicted molar refractivity (Wildman–Crippen MR) is 175 cm³/mol. The van der Waals surface area contributed by atoms with Gasteiger partial charge in [-0.3, -0.25) is 9.59 Å². The number of carbonyl (C=O) groups excluding carboxylic acids is 2. The van der Waals surface area contributed by atoms with Crippen molar-refractivity contribution in [3.8, 4) is 0 Å². The Morgan fingerprint density at radius 1 is 0.500 bits per heavy atom. The summed E-state index contributed by atoms with van der Waals surface area (Å²) in [5.41, 5.74) is 0. The van der Waals surface area contributed by atoms with Crippen LogP contribution in [0.25, 0.3) is 0 Å². The first-order chi connectivity index (χ1) is 21.3. The van der Waals surface area contributed by atoms with E-state index in [1.54, 1.807) is 0 Å². The zero-order valence-electron chi connectivity index (χ0n) is 28.5. The van der Waals surface area contributed by atoms with Crippen molar-refractivity contribution in [2.24, 2.45) is 0 Å². The molecule has 0 radical (unpaired) electrons. The highest BCUT2D eigenvalue weighted by atomic mass is 31.2. The van der Waals surface area contributed by atoms with E-state index in [9.17, 15) is 23.9 Å². The molecule has 0 saturated heterocycles. The molecule has 0 heterocycles. The Morgan fingerprint density at radius 3 is 1.16 bits per heavy atom. The number of hydrogen-bond donors (Lipinski definition) is 0. The summed E-state index contributed by atoms with van der Waals surface area (Å²) in [7, 11) is -5.24. The van der Waals surface area contributed by atoms with Crippen molar-refractivity contribution >= 4 is 19.8 Å². The van der Waals surface area contributed by atoms with Crippen molar-refractivity contribution in [3.05, 3.63) is 0 Å². The molecule has 0 saturated carbocycles. The molecule has 0 rings (SSSR count). The van der Waals surface area contributed by atoms with Crippen LogP contribution in [0, 0.1) is 0 Å². The largest absolute Gasteiger partial charge is 0.790 e. The van der Waals surface area contributed by atoms with Crippen LogP contribution in [0.4, 0.5) is 0 Å². The summed E-state index contributed by atoms with van der Waals surface area (Å²) in [6.07, 6.45) is 30.6. The molecular weight excluding hydrogens is 579 g/mol. The van der Waals surface area contributed by atoms with Gasteiger partial charge in [0.2, 0.25) is 0 Å². The van der Waals surface area contributed by atoms with Gasteiger partial charge in [-0.05, 0) is 12.8 Å². The van der Waals surface area contributed by atoms with Gasteiger partial charge in [0.05, 0.1) is 14.4 Å². The van der Waals surface area contributed by atoms with Gasteiger partial charge in [0, 0.05) is 12.8 Å². The van der Waals surface area contributed by atoms with Gasteiger partial charge in [0.1, 0.15) is 6.61 Å². The van der Waals surface area contributed by atoms with Crippen LogP contribution >= 0.6 is 7.82 Å². The number of carbonyl (C=O) groups is 2. The van der Waals surface area contributed by atoms with E-state index < -0.39 is 32.5 Å². The summed E-state index contributed by atoms with van der Waals surface area (Å²) in [5.74, 6) is -0.945. The monoisotopic (exact) mass is 646 g/mol. The Labute approximate surface area is 270 Å². The minimum atomic E-state index is -5.24. The molecule has 0 aromatic heterocycles. The van der Waals surface area contributed by atoms with Crippen molar-refractivity contribution < 1.29 is 37.9 Å². The number of ether oxygens (including phenoxy) is 2. The van der Waals surface area contributed by atoms with Crippen LogP contribution in [-0.2, 0) is 28.2 Å². The van der Waals surface area contributed by atoms with E-state index in [1.165, 1.54) is 122 Å². The number of phosphoric acid groups is 1. The summed E-state index contributed by atoms with van der Waals surface area (Å²) >= 11 is 0. The zero-order chi connectivity index (χ0) is 32.6. The summed E-state index contributed by atoms with van der Waals surface area (Å²) in [5, 5.41) is 0. The van der Waals surface area contributed by atoms with Gasteiger partial charge in [-0.1, -0.05) is 168 Å². The third-order valence-corrected chi connectivity index (χ3v) is 8.58. The Bertz CT molecular complexity index is 696. The normalized spacial score (nSPS) is 12.4. The molecule has 0 aliphatic heterocycles. The van der Waals surface area contributed by atoms with Crippen LogP contribution < -0.4 is 9.79 Å². The highest BCUT2D eigenvalue weighted by Crippen LogP contribution is 2.25. The molecule has 0 spiro atoms. The molecule has 1 unspecified atom stereocenters. The van der Waals surface area contributed by atoms with Gasteiger partial charge in [-0.2, -0.15) is 0 Å². The molecule has 1 atom stereocenters. The van der Waals surface area contributed by atoms with Gasteiger partial charge in [0.25, 0.3) is 0 Å². The minimum Gasteiger partial charge on any atom is -0.790 e. The van der Waals surface area contributed by atoms with E-state index >= 15 is 0 Å². The molecule has 0 aromatic carbocycles. The van der Waals surface area contributed by atoms with Crippen molar-refractivity contribution in [1.29, 1.82) is 0 Å². The van der Waals surface area contributed by atoms with Crippen LogP contribution in [0.3, 0.4) is 0 Å². The predicted octanol–water partition coefficient (Wildman–Crippen LogP) is 9.25. The third-order valence-electron chi connectivity index (χ3n) is 8.12. The van der Waals surface area contributed by atoms with E-state index in [2.05, 4.69) is 18.4 Å². The van der Waals surface area contributed by atoms with Crippen molar-refractivity contribution in [3.63, 3.8) is 0 Å². The first kappa shape index (κ1) is 43.0. The lowest BCUT2D eigenvalue weighted by atomic mass is 10.0. The fourth-order valence-corrected chi connectivity index (χ4v) is 5.72.